The zero-order chi connectivity index (χ0) is 13.0. The summed E-state index contributed by atoms with van der Waals surface area (Å²) in [6.07, 6.45) is 1.63. The molecule has 0 bridgehead atoms. The lowest BCUT2D eigenvalue weighted by Crippen LogP contribution is -2.30. The van der Waals surface area contributed by atoms with Crippen LogP contribution in [-0.2, 0) is 7.05 Å². The van der Waals surface area contributed by atoms with Crippen LogP contribution >= 0.6 is 0 Å². The van der Waals surface area contributed by atoms with Crippen molar-refractivity contribution in [2.75, 3.05) is 13.2 Å². The molecule has 94 valence electrons. The second-order valence-corrected chi connectivity index (χ2v) is 4.28. The number of hydrogen-bond donors (Lipinski definition) is 2. The fraction of sp³-hybridized carbons (Fsp3) is 0.500. The average Bonchev–Trinajstić information content (AvgIpc) is 2.68. The number of carbonyl (C=O) groups is 2. The lowest BCUT2D eigenvalue weighted by atomic mass is 10.2. The minimum Gasteiger partial charge on any atom is -0.396 e. The van der Waals surface area contributed by atoms with Gasteiger partial charge in [0.1, 0.15) is 5.69 Å². The third kappa shape index (κ3) is 3.42. The molecule has 0 aliphatic rings. The lowest BCUT2D eigenvalue weighted by molar-refractivity contribution is 0.0934. The van der Waals surface area contributed by atoms with Crippen LogP contribution in [0.2, 0.25) is 0 Å². The summed E-state index contributed by atoms with van der Waals surface area (Å²) in [5.74, 6) is -0.282. The first kappa shape index (κ1) is 13.4. The first-order valence-electron chi connectivity index (χ1n) is 5.52. The molecule has 0 radical (unpaired) electrons. The maximum Gasteiger partial charge on any atom is 0.267 e. The highest BCUT2D eigenvalue weighted by Gasteiger charge is 2.14. The molecule has 1 aromatic rings. The molecular formula is C12H18N2O3. The summed E-state index contributed by atoms with van der Waals surface area (Å²) in [6, 6.07) is 1.57. The summed E-state index contributed by atoms with van der Waals surface area (Å²) >= 11 is 0. The first-order valence-corrected chi connectivity index (χ1v) is 5.52. The highest BCUT2D eigenvalue weighted by molar-refractivity contribution is 5.99. The number of nitrogens with zero attached hydrogens (tertiary/aromatic N) is 1. The third-order valence-corrected chi connectivity index (χ3v) is 2.57. The maximum absolute atomic E-state index is 11.8. The van der Waals surface area contributed by atoms with Gasteiger partial charge in [0.25, 0.3) is 5.91 Å². The van der Waals surface area contributed by atoms with Crippen LogP contribution in [0.5, 0.6) is 0 Å². The molecule has 1 amide bonds. The van der Waals surface area contributed by atoms with Gasteiger partial charge in [-0.05, 0) is 18.9 Å². The zero-order valence-electron chi connectivity index (χ0n) is 10.4. The molecule has 1 aromatic heterocycles. The van der Waals surface area contributed by atoms with Gasteiger partial charge in [-0.1, -0.05) is 6.92 Å². The molecule has 5 nitrogen and oxygen atoms in total. The Kier molecular flexibility index (Phi) is 4.45. The minimum absolute atomic E-state index is 0.0199. The molecule has 5 heteroatoms. The molecular weight excluding hydrogens is 220 g/mol. The average molecular weight is 238 g/mol. The summed E-state index contributed by atoms with van der Waals surface area (Å²) in [6.45, 7) is 3.75. The molecule has 2 N–H and O–H groups in total. The van der Waals surface area contributed by atoms with Crippen molar-refractivity contribution in [3.63, 3.8) is 0 Å². The topological polar surface area (TPSA) is 71.3 Å². The van der Waals surface area contributed by atoms with E-state index >= 15 is 0 Å². The second kappa shape index (κ2) is 5.63. The number of aliphatic hydroxyl groups excluding tert-OH is 1. The van der Waals surface area contributed by atoms with Gasteiger partial charge in [-0.25, -0.2) is 0 Å². The van der Waals surface area contributed by atoms with Crippen LogP contribution in [0.1, 0.15) is 34.7 Å². The van der Waals surface area contributed by atoms with Crippen LogP contribution in [0, 0.1) is 5.92 Å². The predicted octanol–water partition coefficient (Wildman–Crippen LogP) is 0.586. The van der Waals surface area contributed by atoms with Crippen LogP contribution in [-0.4, -0.2) is 34.5 Å². The van der Waals surface area contributed by atoms with E-state index in [1.807, 2.05) is 6.92 Å². The van der Waals surface area contributed by atoms with Crippen molar-refractivity contribution < 1.29 is 14.7 Å². The Labute approximate surface area is 100 Å². The van der Waals surface area contributed by atoms with Gasteiger partial charge in [-0.2, -0.15) is 0 Å². The number of amides is 1. The molecule has 1 rings (SSSR count). The maximum atomic E-state index is 11.8. The Bertz CT molecular complexity index is 423. The quantitative estimate of drug-likeness (QED) is 0.737. The molecule has 0 aromatic carbocycles. The fourth-order valence-electron chi connectivity index (χ4n) is 1.40. The number of aliphatic hydroxyl groups is 1. The van der Waals surface area contributed by atoms with Gasteiger partial charge in [-0.15, -0.1) is 0 Å². The van der Waals surface area contributed by atoms with E-state index in [4.69, 9.17) is 5.11 Å². The Hall–Kier alpha value is -1.62. The summed E-state index contributed by atoms with van der Waals surface area (Å²) < 4.78 is 1.62. The number of aryl methyl sites for hydroxylation is 1. The van der Waals surface area contributed by atoms with E-state index in [9.17, 15) is 9.59 Å². The van der Waals surface area contributed by atoms with Crippen molar-refractivity contribution in [3.8, 4) is 0 Å². The van der Waals surface area contributed by atoms with Gasteiger partial charge in [0.2, 0.25) is 0 Å². The highest BCUT2D eigenvalue weighted by atomic mass is 16.3. The van der Waals surface area contributed by atoms with Gasteiger partial charge in [0, 0.05) is 32.0 Å². The van der Waals surface area contributed by atoms with E-state index in [0.29, 0.717) is 17.8 Å². The summed E-state index contributed by atoms with van der Waals surface area (Å²) in [7, 11) is 1.72. The van der Waals surface area contributed by atoms with Crippen LogP contribution in [0.15, 0.2) is 12.3 Å². The minimum atomic E-state index is -0.236. The molecule has 0 saturated heterocycles. The molecule has 1 atom stereocenters. The summed E-state index contributed by atoms with van der Waals surface area (Å²) in [5, 5.41) is 11.6. The van der Waals surface area contributed by atoms with Crippen LogP contribution in [0.3, 0.4) is 0 Å². The number of hydrogen-bond acceptors (Lipinski definition) is 3. The van der Waals surface area contributed by atoms with E-state index in [1.165, 1.54) is 6.92 Å². The molecule has 17 heavy (non-hydrogen) atoms. The van der Waals surface area contributed by atoms with E-state index < -0.39 is 0 Å². The van der Waals surface area contributed by atoms with Crippen molar-refractivity contribution in [1.29, 1.82) is 0 Å². The molecule has 1 unspecified atom stereocenters. The summed E-state index contributed by atoms with van der Waals surface area (Å²) in [4.78, 5) is 23.0. The van der Waals surface area contributed by atoms with Gasteiger partial charge in [0.05, 0.1) is 0 Å². The monoisotopic (exact) mass is 238 g/mol. The van der Waals surface area contributed by atoms with E-state index in [-0.39, 0.29) is 24.2 Å². The first-order chi connectivity index (χ1) is 7.95. The van der Waals surface area contributed by atoms with Gasteiger partial charge >= 0.3 is 0 Å². The van der Waals surface area contributed by atoms with Crippen LogP contribution in [0.25, 0.3) is 0 Å². The molecule has 0 aliphatic heterocycles. The lowest BCUT2D eigenvalue weighted by Gasteiger charge is -2.09. The highest BCUT2D eigenvalue weighted by Crippen LogP contribution is 2.08. The molecule has 0 aliphatic carbocycles. The number of Topliss-reactive ketones (excluding diaryl/α,β-unsaturated/α-hetero) is 1. The standard InChI is InChI=1S/C12H18N2O3/c1-8(7-15)5-13-12(17)11-4-10(9(2)16)6-14(11)3/h4,6,8,15H,5,7H2,1-3H3,(H,13,17). The van der Waals surface area contributed by atoms with E-state index in [0.717, 1.165) is 0 Å². The van der Waals surface area contributed by atoms with Crippen molar-refractivity contribution in [2.45, 2.75) is 13.8 Å². The Morgan fingerprint density at radius 2 is 2.18 bits per heavy atom. The van der Waals surface area contributed by atoms with Crippen molar-refractivity contribution in [1.82, 2.24) is 9.88 Å². The number of nitrogens with one attached hydrogen (secondary N) is 1. The van der Waals surface area contributed by atoms with Crippen molar-refractivity contribution in [3.05, 3.63) is 23.5 Å². The number of carbonyl (C=O) groups excluding carboxylic acids is 2. The Morgan fingerprint density at radius 3 is 2.65 bits per heavy atom. The largest absolute Gasteiger partial charge is 0.396 e. The van der Waals surface area contributed by atoms with Crippen molar-refractivity contribution in [2.24, 2.45) is 13.0 Å². The summed E-state index contributed by atoms with van der Waals surface area (Å²) in [5.41, 5.74) is 0.966. The zero-order valence-corrected chi connectivity index (χ0v) is 10.4. The molecule has 1 heterocycles. The second-order valence-electron chi connectivity index (χ2n) is 4.28. The SMILES string of the molecule is CC(=O)c1cc(C(=O)NCC(C)CO)n(C)c1. The number of ketones is 1. The number of rotatable bonds is 5. The predicted molar refractivity (Wildman–Crippen MR) is 64.0 cm³/mol. The van der Waals surface area contributed by atoms with E-state index in [2.05, 4.69) is 5.32 Å². The van der Waals surface area contributed by atoms with Gasteiger partial charge in [-0.3, -0.25) is 9.59 Å². The van der Waals surface area contributed by atoms with Crippen LogP contribution in [0.4, 0.5) is 0 Å². The van der Waals surface area contributed by atoms with E-state index in [1.54, 1.807) is 23.9 Å². The van der Waals surface area contributed by atoms with Crippen molar-refractivity contribution >= 4 is 11.7 Å². The number of aromatic nitrogens is 1. The van der Waals surface area contributed by atoms with Gasteiger partial charge < -0.3 is 15.0 Å². The normalized spacial score (nSPS) is 12.2. The molecule has 0 saturated carbocycles. The smallest absolute Gasteiger partial charge is 0.267 e. The molecule has 0 fully saturated rings. The van der Waals surface area contributed by atoms with Gasteiger partial charge in [0.15, 0.2) is 5.78 Å². The Morgan fingerprint density at radius 1 is 1.53 bits per heavy atom. The third-order valence-electron chi connectivity index (χ3n) is 2.57. The van der Waals surface area contributed by atoms with Crippen LogP contribution < -0.4 is 5.32 Å². The molecule has 0 spiro atoms. The fourth-order valence-corrected chi connectivity index (χ4v) is 1.40. The Balaban J connectivity index is 2.72.